The maximum absolute atomic E-state index is 12.1. The van der Waals surface area contributed by atoms with Crippen molar-refractivity contribution in [1.82, 2.24) is 4.98 Å². The van der Waals surface area contributed by atoms with Crippen molar-refractivity contribution in [2.75, 3.05) is 7.11 Å². The van der Waals surface area contributed by atoms with Gasteiger partial charge in [0, 0.05) is 6.21 Å². The van der Waals surface area contributed by atoms with Gasteiger partial charge in [-0.05, 0) is 30.3 Å². The van der Waals surface area contributed by atoms with Gasteiger partial charge >= 0.3 is 11.6 Å². The zero-order chi connectivity index (χ0) is 19.0. The van der Waals surface area contributed by atoms with Gasteiger partial charge in [0.2, 0.25) is 5.13 Å². The Morgan fingerprint density at radius 3 is 2.93 bits per heavy atom. The summed E-state index contributed by atoms with van der Waals surface area (Å²) in [7, 11) is 1.32. The van der Waals surface area contributed by atoms with Gasteiger partial charge < -0.3 is 14.3 Å². The Labute approximate surface area is 156 Å². The van der Waals surface area contributed by atoms with E-state index in [1.807, 2.05) is 0 Å². The molecule has 4 aromatic rings. The molecule has 0 spiro atoms. The summed E-state index contributed by atoms with van der Waals surface area (Å²) in [5, 5.41) is 11.1. The van der Waals surface area contributed by atoms with Crippen LogP contribution in [0.25, 0.3) is 21.2 Å². The van der Waals surface area contributed by atoms with Gasteiger partial charge in [0.25, 0.3) is 0 Å². The first-order chi connectivity index (χ1) is 13.1. The number of thiazole rings is 1. The number of hydrogen-bond donors (Lipinski definition) is 1. The van der Waals surface area contributed by atoms with Crippen molar-refractivity contribution >= 4 is 49.8 Å². The van der Waals surface area contributed by atoms with E-state index in [4.69, 9.17) is 9.15 Å². The van der Waals surface area contributed by atoms with Crippen LogP contribution in [0.5, 0.6) is 5.75 Å². The second-order valence-electron chi connectivity index (χ2n) is 5.58. The highest BCUT2D eigenvalue weighted by molar-refractivity contribution is 7.22. The zero-order valence-electron chi connectivity index (χ0n) is 14.0. The van der Waals surface area contributed by atoms with Gasteiger partial charge in [-0.1, -0.05) is 23.5 Å². The van der Waals surface area contributed by atoms with E-state index in [1.54, 1.807) is 42.5 Å². The minimum Gasteiger partial charge on any atom is -0.506 e. The van der Waals surface area contributed by atoms with Crippen LogP contribution in [0, 0.1) is 0 Å². The number of nitrogens with zero attached hydrogens (tertiary/aromatic N) is 2. The maximum Gasteiger partial charge on any atom is 0.348 e. The van der Waals surface area contributed by atoms with Gasteiger partial charge in [-0.25, -0.2) is 19.6 Å². The van der Waals surface area contributed by atoms with Crippen molar-refractivity contribution in [3.05, 3.63) is 64.0 Å². The van der Waals surface area contributed by atoms with Gasteiger partial charge in [0.15, 0.2) is 0 Å². The van der Waals surface area contributed by atoms with Gasteiger partial charge in [-0.2, -0.15) is 0 Å². The number of aromatic nitrogens is 1. The second-order valence-corrected chi connectivity index (χ2v) is 6.59. The SMILES string of the molecule is COC(=O)c1ccc2nc(N=Cc3c(O)c4ccccc4oc3=O)sc2c1. The van der Waals surface area contributed by atoms with E-state index in [0.29, 0.717) is 27.2 Å². The first-order valence-corrected chi connectivity index (χ1v) is 8.66. The molecule has 27 heavy (non-hydrogen) atoms. The normalized spacial score (nSPS) is 11.4. The number of aromatic hydroxyl groups is 1. The molecule has 0 atom stereocenters. The van der Waals surface area contributed by atoms with E-state index in [0.717, 1.165) is 4.70 Å². The average molecular weight is 380 g/mol. The number of ether oxygens (including phenoxy) is 1. The van der Waals surface area contributed by atoms with Crippen molar-refractivity contribution in [3.63, 3.8) is 0 Å². The Kier molecular flexibility index (Phi) is 4.17. The Hall–Kier alpha value is -3.52. The lowest BCUT2D eigenvalue weighted by molar-refractivity contribution is 0.0601. The lowest BCUT2D eigenvalue weighted by Gasteiger charge is -2.01. The standard InChI is InChI=1S/C19H12N2O5S/c1-25-17(23)10-6-7-13-15(8-10)27-19(21-13)20-9-12-16(22)11-4-2-3-5-14(11)26-18(12)24/h2-9,22H,1H3. The van der Waals surface area contributed by atoms with Crippen LogP contribution in [0.15, 0.2) is 56.7 Å². The molecule has 1 N–H and O–H groups in total. The Morgan fingerprint density at radius 1 is 1.30 bits per heavy atom. The average Bonchev–Trinajstić information content (AvgIpc) is 3.09. The fourth-order valence-corrected chi connectivity index (χ4v) is 3.44. The zero-order valence-corrected chi connectivity index (χ0v) is 14.8. The van der Waals surface area contributed by atoms with E-state index >= 15 is 0 Å². The third kappa shape index (κ3) is 3.06. The van der Waals surface area contributed by atoms with E-state index in [-0.39, 0.29) is 11.3 Å². The van der Waals surface area contributed by atoms with Crippen LogP contribution in [-0.4, -0.2) is 29.4 Å². The molecular weight excluding hydrogens is 368 g/mol. The quantitative estimate of drug-likeness (QED) is 0.331. The van der Waals surface area contributed by atoms with Crippen molar-refractivity contribution in [2.45, 2.75) is 0 Å². The Bertz CT molecular complexity index is 1270. The Balaban J connectivity index is 1.74. The molecule has 7 nitrogen and oxygen atoms in total. The molecule has 0 amide bonds. The largest absolute Gasteiger partial charge is 0.506 e. The van der Waals surface area contributed by atoms with Crippen molar-refractivity contribution < 1.29 is 19.1 Å². The predicted octanol–water partition coefficient (Wildman–Crippen LogP) is 3.65. The third-order valence-electron chi connectivity index (χ3n) is 3.92. The number of para-hydroxylation sites is 1. The van der Waals surface area contributed by atoms with Crippen molar-refractivity contribution in [1.29, 1.82) is 0 Å². The number of aliphatic imine (C=N–C) groups is 1. The summed E-state index contributed by atoms with van der Waals surface area (Å²) in [6.45, 7) is 0. The summed E-state index contributed by atoms with van der Waals surface area (Å²) in [4.78, 5) is 32.2. The Morgan fingerprint density at radius 2 is 2.11 bits per heavy atom. The molecule has 2 heterocycles. The maximum atomic E-state index is 12.1. The van der Waals surface area contributed by atoms with Crippen molar-refractivity contribution in [3.8, 4) is 5.75 Å². The van der Waals surface area contributed by atoms with Crippen LogP contribution in [-0.2, 0) is 4.74 Å². The summed E-state index contributed by atoms with van der Waals surface area (Å²) in [6, 6.07) is 11.7. The molecule has 0 aliphatic heterocycles. The van der Waals surface area contributed by atoms with E-state index in [9.17, 15) is 14.7 Å². The monoisotopic (exact) mass is 380 g/mol. The van der Waals surface area contributed by atoms with E-state index in [2.05, 4.69) is 9.98 Å². The highest BCUT2D eigenvalue weighted by Gasteiger charge is 2.13. The van der Waals surface area contributed by atoms with E-state index in [1.165, 1.54) is 24.7 Å². The molecule has 2 aromatic carbocycles. The number of methoxy groups -OCH3 is 1. The molecule has 0 aliphatic carbocycles. The van der Waals surface area contributed by atoms with Crippen LogP contribution >= 0.6 is 11.3 Å². The molecule has 134 valence electrons. The van der Waals surface area contributed by atoms with Gasteiger partial charge in [0.05, 0.1) is 28.3 Å². The number of carbonyl (C=O) groups excluding carboxylic acids is 1. The molecule has 4 rings (SSSR count). The lowest BCUT2D eigenvalue weighted by Crippen LogP contribution is -2.06. The summed E-state index contributed by atoms with van der Waals surface area (Å²) < 4.78 is 10.7. The molecule has 0 fully saturated rings. The summed E-state index contributed by atoms with van der Waals surface area (Å²) in [6.07, 6.45) is 1.23. The van der Waals surface area contributed by atoms with Gasteiger partial charge in [-0.3, -0.25) is 0 Å². The van der Waals surface area contributed by atoms with Crippen LogP contribution < -0.4 is 5.63 Å². The second kappa shape index (κ2) is 6.65. The summed E-state index contributed by atoms with van der Waals surface area (Å²) >= 11 is 1.24. The van der Waals surface area contributed by atoms with Gasteiger partial charge in [0.1, 0.15) is 16.9 Å². The highest BCUT2D eigenvalue weighted by atomic mass is 32.1. The molecule has 0 saturated heterocycles. The fraction of sp³-hybridized carbons (Fsp3) is 0.0526. The third-order valence-corrected chi connectivity index (χ3v) is 4.85. The molecule has 0 radical (unpaired) electrons. The summed E-state index contributed by atoms with van der Waals surface area (Å²) in [5.74, 6) is -0.631. The first kappa shape index (κ1) is 16.9. The summed E-state index contributed by atoms with van der Waals surface area (Å²) in [5.41, 5.74) is 0.631. The number of carbonyl (C=O) groups is 1. The molecule has 8 heteroatoms. The molecule has 0 aliphatic rings. The van der Waals surface area contributed by atoms with Gasteiger partial charge in [-0.15, -0.1) is 0 Å². The molecular formula is C19H12N2O5S. The number of esters is 1. The molecule has 0 bridgehead atoms. The smallest absolute Gasteiger partial charge is 0.348 e. The molecule has 0 unspecified atom stereocenters. The molecule has 2 aromatic heterocycles. The predicted molar refractivity (Wildman–Crippen MR) is 102 cm³/mol. The van der Waals surface area contributed by atoms with Crippen LogP contribution in [0.4, 0.5) is 5.13 Å². The topological polar surface area (TPSA) is 102 Å². The molecule has 0 saturated carbocycles. The number of fused-ring (bicyclic) bond motifs is 2. The van der Waals surface area contributed by atoms with Crippen LogP contribution in [0.2, 0.25) is 0 Å². The number of hydrogen-bond acceptors (Lipinski definition) is 8. The first-order valence-electron chi connectivity index (χ1n) is 7.84. The lowest BCUT2D eigenvalue weighted by atomic mass is 10.1. The fourth-order valence-electron chi connectivity index (χ4n) is 2.59. The van der Waals surface area contributed by atoms with E-state index < -0.39 is 11.6 Å². The van der Waals surface area contributed by atoms with Crippen molar-refractivity contribution in [2.24, 2.45) is 4.99 Å². The van der Waals surface area contributed by atoms with Crippen LogP contribution in [0.3, 0.4) is 0 Å². The minimum atomic E-state index is -0.691. The number of rotatable bonds is 3. The van der Waals surface area contributed by atoms with Crippen LogP contribution in [0.1, 0.15) is 15.9 Å². The minimum absolute atomic E-state index is 0.0526. The number of benzene rings is 2. The highest BCUT2D eigenvalue weighted by Crippen LogP contribution is 2.30.